The van der Waals surface area contributed by atoms with Crippen molar-refractivity contribution in [3.8, 4) is 0 Å². The van der Waals surface area contributed by atoms with E-state index in [0.29, 0.717) is 6.04 Å². The topological polar surface area (TPSA) is 29.3 Å². The molecule has 0 radical (unpaired) electrons. The highest BCUT2D eigenvalue weighted by Gasteiger charge is 2.08. The molecule has 0 aliphatic rings. The number of nitrogens with two attached hydrogens (primary N) is 1. The van der Waals surface area contributed by atoms with Crippen LogP contribution in [0.2, 0.25) is 0 Å². The summed E-state index contributed by atoms with van der Waals surface area (Å²) in [5.74, 6) is 0.740. The molecule has 0 amide bonds. The number of hydrogen-bond donors (Lipinski definition) is 1. The van der Waals surface area contributed by atoms with Crippen LogP contribution in [0.1, 0.15) is 27.7 Å². The fourth-order valence-corrected chi connectivity index (χ4v) is 1.20. The highest BCUT2D eigenvalue weighted by atomic mass is 15.1. The molecule has 0 saturated heterocycles. The van der Waals surface area contributed by atoms with Gasteiger partial charge in [-0.25, -0.2) is 0 Å². The summed E-state index contributed by atoms with van der Waals surface area (Å²) in [5.41, 5.74) is 5.50. The lowest BCUT2D eigenvalue weighted by atomic mass is 10.2. The summed E-state index contributed by atoms with van der Waals surface area (Å²) >= 11 is 0. The van der Waals surface area contributed by atoms with E-state index in [-0.39, 0.29) is 0 Å². The maximum atomic E-state index is 5.50. The molecule has 2 heteroatoms. The van der Waals surface area contributed by atoms with Gasteiger partial charge < -0.3 is 5.73 Å². The molecule has 0 bridgehead atoms. The van der Waals surface area contributed by atoms with E-state index in [1.165, 1.54) is 0 Å². The molecule has 2 N–H and O–H groups in total. The largest absolute Gasteiger partial charge is 0.329 e. The van der Waals surface area contributed by atoms with Crippen LogP contribution >= 0.6 is 0 Å². The van der Waals surface area contributed by atoms with Gasteiger partial charge in [-0.3, -0.25) is 4.90 Å². The van der Waals surface area contributed by atoms with Crippen molar-refractivity contribution in [1.82, 2.24) is 4.90 Å². The van der Waals surface area contributed by atoms with E-state index in [2.05, 4.69) is 32.6 Å². The van der Waals surface area contributed by atoms with Crippen molar-refractivity contribution in [3.63, 3.8) is 0 Å². The zero-order valence-corrected chi connectivity index (χ0v) is 8.30. The molecule has 0 unspecified atom stereocenters. The van der Waals surface area contributed by atoms with Crippen LogP contribution in [0.3, 0.4) is 0 Å². The Morgan fingerprint density at radius 3 is 2.00 bits per heavy atom. The van der Waals surface area contributed by atoms with Crippen LogP contribution in [0.25, 0.3) is 0 Å². The van der Waals surface area contributed by atoms with Crippen molar-refractivity contribution in [2.45, 2.75) is 33.7 Å². The minimum Gasteiger partial charge on any atom is -0.329 e. The molecule has 0 aliphatic heterocycles. The Balaban J connectivity index is 3.69. The van der Waals surface area contributed by atoms with E-state index in [0.717, 1.165) is 25.6 Å². The Morgan fingerprint density at radius 2 is 1.73 bits per heavy atom. The molecule has 0 aromatic heterocycles. The van der Waals surface area contributed by atoms with E-state index in [1.807, 2.05) is 0 Å². The van der Waals surface area contributed by atoms with Gasteiger partial charge in [-0.1, -0.05) is 13.8 Å². The van der Waals surface area contributed by atoms with E-state index in [9.17, 15) is 0 Å². The van der Waals surface area contributed by atoms with Crippen molar-refractivity contribution in [2.75, 3.05) is 19.6 Å². The van der Waals surface area contributed by atoms with Gasteiger partial charge in [0, 0.05) is 25.7 Å². The van der Waals surface area contributed by atoms with E-state index < -0.39 is 0 Å². The quantitative estimate of drug-likeness (QED) is 0.653. The van der Waals surface area contributed by atoms with Crippen LogP contribution < -0.4 is 5.73 Å². The molecule has 0 atom stereocenters. The van der Waals surface area contributed by atoms with E-state index in [1.54, 1.807) is 0 Å². The Bertz CT molecular complexity index is 89.6. The molecule has 2 nitrogen and oxygen atoms in total. The first kappa shape index (κ1) is 10.9. The molecule has 68 valence electrons. The van der Waals surface area contributed by atoms with Gasteiger partial charge in [-0.05, 0) is 19.8 Å². The third-order valence-electron chi connectivity index (χ3n) is 1.75. The average Bonchev–Trinajstić information content (AvgIpc) is 1.86. The lowest BCUT2D eigenvalue weighted by molar-refractivity contribution is 0.203. The second-order valence-corrected chi connectivity index (χ2v) is 3.77. The summed E-state index contributed by atoms with van der Waals surface area (Å²) in [5, 5.41) is 0. The molecule has 0 aromatic rings. The smallest absolute Gasteiger partial charge is 0.0107 e. The molecular formula is C9H22N2. The summed E-state index contributed by atoms with van der Waals surface area (Å²) in [7, 11) is 0. The van der Waals surface area contributed by atoms with Gasteiger partial charge in [0.15, 0.2) is 0 Å². The molecule has 0 fully saturated rings. The normalized spacial score (nSPS) is 12.0. The lowest BCUT2D eigenvalue weighted by Crippen LogP contribution is -2.37. The van der Waals surface area contributed by atoms with Crippen LogP contribution in [0.5, 0.6) is 0 Å². The Kier molecular flexibility index (Phi) is 5.51. The maximum Gasteiger partial charge on any atom is 0.0107 e. The summed E-state index contributed by atoms with van der Waals surface area (Å²) in [6.07, 6.45) is 0. The van der Waals surface area contributed by atoms with Gasteiger partial charge in [0.2, 0.25) is 0 Å². The van der Waals surface area contributed by atoms with Crippen molar-refractivity contribution < 1.29 is 0 Å². The van der Waals surface area contributed by atoms with Crippen molar-refractivity contribution in [2.24, 2.45) is 11.7 Å². The average molecular weight is 158 g/mol. The van der Waals surface area contributed by atoms with Crippen LogP contribution in [0.4, 0.5) is 0 Å². The third kappa shape index (κ3) is 5.22. The van der Waals surface area contributed by atoms with Gasteiger partial charge in [0.25, 0.3) is 0 Å². The summed E-state index contributed by atoms with van der Waals surface area (Å²) in [6, 6.07) is 0.626. The van der Waals surface area contributed by atoms with Crippen LogP contribution in [0.15, 0.2) is 0 Å². The monoisotopic (exact) mass is 158 g/mol. The second kappa shape index (κ2) is 5.56. The number of nitrogens with zero attached hydrogens (tertiary/aromatic N) is 1. The number of hydrogen-bond acceptors (Lipinski definition) is 2. The van der Waals surface area contributed by atoms with Gasteiger partial charge in [-0.15, -0.1) is 0 Å². The van der Waals surface area contributed by atoms with Gasteiger partial charge in [0.05, 0.1) is 0 Å². The molecule has 0 heterocycles. The molecular weight excluding hydrogens is 136 g/mol. The van der Waals surface area contributed by atoms with Crippen molar-refractivity contribution in [1.29, 1.82) is 0 Å². The maximum absolute atomic E-state index is 5.50. The van der Waals surface area contributed by atoms with Crippen LogP contribution in [0, 0.1) is 5.92 Å². The van der Waals surface area contributed by atoms with Crippen LogP contribution in [-0.2, 0) is 0 Å². The molecule has 0 aliphatic carbocycles. The summed E-state index contributed by atoms with van der Waals surface area (Å²) in [6.45, 7) is 11.9. The lowest BCUT2D eigenvalue weighted by Gasteiger charge is -2.27. The predicted molar refractivity (Wildman–Crippen MR) is 50.6 cm³/mol. The third-order valence-corrected chi connectivity index (χ3v) is 1.75. The molecule has 0 rings (SSSR count). The van der Waals surface area contributed by atoms with E-state index >= 15 is 0 Å². The highest BCUT2D eigenvalue weighted by molar-refractivity contribution is 4.64. The Morgan fingerprint density at radius 1 is 1.18 bits per heavy atom. The number of rotatable bonds is 5. The zero-order chi connectivity index (χ0) is 8.85. The zero-order valence-electron chi connectivity index (χ0n) is 8.30. The predicted octanol–water partition coefficient (Wildman–Crippen LogP) is 1.31. The molecule has 0 spiro atoms. The van der Waals surface area contributed by atoms with Gasteiger partial charge in [-0.2, -0.15) is 0 Å². The standard InChI is InChI=1S/C9H22N2/c1-8(2)7-11(6-5-10)9(3)4/h8-9H,5-7,10H2,1-4H3. The minimum absolute atomic E-state index is 0.626. The first-order chi connectivity index (χ1) is 5.07. The fraction of sp³-hybridized carbons (Fsp3) is 1.00. The highest BCUT2D eigenvalue weighted by Crippen LogP contribution is 2.02. The molecule has 11 heavy (non-hydrogen) atoms. The minimum atomic E-state index is 0.626. The van der Waals surface area contributed by atoms with Crippen LogP contribution in [-0.4, -0.2) is 30.6 Å². The van der Waals surface area contributed by atoms with E-state index in [4.69, 9.17) is 5.73 Å². The Hall–Kier alpha value is -0.0800. The molecule has 0 saturated carbocycles. The fourth-order valence-electron chi connectivity index (χ4n) is 1.20. The SMILES string of the molecule is CC(C)CN(CCN)C(C)C. The summed E-state index contributed by atoms with van der Waals surface area (Å²) in [4.78, 5) is 2.42. The molecule has 0 aromatic carbocycles. The first-order valence-corrected chi connectivity index (χ1v) is 4.52. The van der Waals surface area contributed by atoms with Crippen molar-refractivity contribution >= 4 is 0 Å². The first-order valence-electron chi connectivity index (χ1n) is 4.52. The second-order valence-electron chi connectivity index (χ2n) is 3.77. The summed E-state index contributed by atoms with van der Waals surface area (Å²) < 4.78 is 0. The van der Waals surface area contributed by atoms with Gasteiger partial charge >= 0.3 is 0 Å². The van der Waals surface area contributed by atoms with Crippen molar-refractivity contribution in [3.05, 3.63) is 0 Å². The van der Waals surface area contributed by atoms with Gasteiger partial charge in [0.1, 0.15) is 0 Å². The Labute approximate surface area is 70.8 Å².